The highest BCUT2D eigenvalue weighted by Crippen LogP contribution is 2.26. The maximum atomic E-state index is 14.0. The van der Waals surface area contributed by atoms with E-state index in [0.717, 1.165) is 0 Å². The predicted octanol–water partition coefficient (Wildman–Crippen LogP) is 4.08. The maximum absolute atomic E-state index is 14.0. The molecule has 0 bridgehead atoms. The molecule has 0 spiro atoms. The van der Waals surface area contributed by atoms with Gasteiger partial charge in [-0.3, -0.25) is 4.79 Å². The summed E-state index contributed by atoms with van der Waals surface area (Å²) >= 11 is 6.16. The van der Waals surface area contributed by atoms with Crippen LogP contribution in [0.2, 0.25) is 5.02 Å². The van der Waals surface area contributed by atoms with Crippen LogP contribution < -0.4 is 10.0 Å². The van der Waals surface area contributed by atoms with E-state index >= 15 is 0 Å². The number of nitrogens with zero attached hydrogens (tertiary/aromatic N) is 2. The van der Waals surface area contributed by atoms with Crippen molar-refractivity contribution in [2.75, 3.05) is 0 Å². The van der Waals surface area contributed by atoms with Crippen LogP contribution in [-0.4, -0.2) is 24.9 Å². The fourth-order valence-electron chi connectivity index (χ4n) is 3.69. The number of nitrogens with one attached hydrogen (secondary N) is 2. The van der Waals surface area contributed by atoms with E-state index in [4.69, 9.17) is 11.6 Å². The molecule has 10 heteroatoms. The molecule has 1 heterocycles. The summed E-state index contributed by atoms with van der Waals surface area (Å²) in [6.45, 7) is 3.26. The number of carbonyl (C=O) groups excluding carboxylic acids is 1. The molecule has 1 aromatic heterocycles. The average Bonchev–Trinajstić information content (AvgIpc) is 3.26. The second-order valence-electron chi connectivity index (χ2n) is 7.87. The SMILES string of the molecule is Cc1cccc(Cl)c1S(=O)(=O)NC(CC(C)n1cccc1C#N)C(=O)NCc1ccccc1F. The minimum absolute atomic E-state index is 0.0308. The quantitative estimate of drug-likeness (QED) is 0.460. The van der Waals surface area contributed by atoms with Crippen LogP contribution in [-0.2, 0) is 21.4 Å². The van der Waals surface area contributed by atoms with Crippen LogP contribution in [0.5, 0.6) is 0 Å². The summed E-state index contributed by atoms with van der Waals surface area (Å²) in [5.74, 6) is -1.11. The van der Waals surface area contributed by atoms with Crippen LogP contribution in [0.25, 0.3) is 0 Å². The first-order valence-electron chi connectivity index (χ1n) is 10.5. The first-order chi connectivity index (χ1) is 16.1. The summed E-state index contributed by atoms with van der Waals surface area (Å²) in [6.07, 6.45) is 1.72. The second-order valence-corrected chi connectivity index (χ2v) is 9.92. The van der Waals surface area contributed by atoms with Gasteiger partial charge in [-0.2, -0.15) is 9.98 Å². The van der Waals surface area contributed by atoms with Gasteiger partial charge in [-0.05, 0) is 50.1 Å². The van der Waals surface area contributed by atoms with E-state index in [1.54, 1.807) is 54.9 Å². The lowest BCUT2D eigenvalue weighted by molar-refractivity contribution is -0.123. The molecule has 178 valence electrons. The van der Waals surface area contributed by atoms with E-state index < -0.39 is 33.8 Å². The third kappa shape index (κ3) is 5.83. The standard InChI is InChI=1S/C24H24ClFN4O3S/c1-16-7-5-10-20(25)23(16)34(32,33)29-22(13-17(2)30-12-6-9-19(30)14-27)24(31)28-15-18-8-3-4-11-21(18)26/h3-12,17,22,29H,13,15H2,1-2H3,(H,28,31). The van der Waals surface area contributed by atoms with Gasteiger partial charge in [-0.25, -0.2) is 12.8 Å². The number of aryl methyl sites for hydroxylation is 1. The summed E-state index contributed by atoms with van der Waals surface area (Å²) < 4.78 is 44.5. The van der Waals surface area contributed by atoms with Crippen molar-refractivity contribution in [3.63, 3.8) is 0 Å². The van der Waals surface area contributed by atoms with E-state index in [-0.39, 0.29) is 28.4 Å². The fraction of sp³-hybridized carbons (Fsp3) is 0.250. The lowest BCUT2D eigenvalue weighted by Gasteiger charge is -2.24. The number of nitriles is 1. The molecule has 3 aromatic rings. The number of sulfonamides is 1. The molecule has 0 aliphatic rings. The molecule has 34 heavy (non-hydrogen) atoms. The lowest BCUT2D eigenvalue weighted by Crippen LogP contribution is -2.47. The van der Waals surface area contributed by atoms with E-state index in [1.165, 1.54) is 24.3 Å². The monoisotopic (exact) mass is 502 g/mol. The van der Waals surface area contributed by atoms with E-state index in [9.17, 15) is 22.9 Å². The molecule has 0 saturated carbocycles. The van der Waals surface area contributed by atoms with Gasteiger partial charge in [0.25, 0.3) is 0 Å². The van der Waals surface area contributed by atoms with Gasteiger partial charge in [0.2, 0.25) is 15.9 Å². The Bertz CT molecular complexity index is 1310. The number of hydrogen-bond acceptors (Lipinski definition) is 4. The molecule has 2 aromatic carbocycles. The molecular formula is C24H24ClFN4O3S. The minimum atomic E-state index is -4.18. The Kier molecular flexibility index (Phi) is 8.10. The zero-order valence-electron chi connectivity index (χ0n) is 18.6. The van der Waals surface area contributed by atoms with Crippen molar-refractivity contribution in [1.82, 2.24) is 14.6 Å². The Morgan fingerprint density at radius 3 is 2.59 bits per heavy atom. The fourth-order valence-corrected chi connectivity index (χ4v) is 5.73. The highest BCUT2D eigenvalue weighted by atomic mass is 35.5. The second kappa shape index (κ2) is 10.8. The van der Waals surface area contributed by atoms with Gasteiger partial charge in [0.05, 0.1) is 5.02 Å². The highest BCUT2D eigenvalue weighted by molar-refractivity contribution is 7.89. The van der Waals surface area contributed by atoms with Gasteiger partial charge in [-0.15, -0.1) is 0 Å². The third-order valence-electron chi connectivity index (χ3n) is 5.40. The summed E-state index contributed by atoms with van der Waals surface area (Å²) in [5.41, 5.74) is 1.07. The van der Waals surface area contributed by atoms with Crippen LogP contribution >= 0.6 is 11.6 Å². The van der Waals surface area contributed by atoms with Crippen molar-refractivity contribution in [3.8, 4) is 6.07 Å². The van der Waals surface area contributed by atoms with Crippen molar-refractivity contribution in [1.29, 1.82) is 5.26 Å². The van der Waals surface area contributed by atoms with Gasteiger partial charge in [0.1, 0.15) is 28.5 Å². The van der Waals surface area contributed by atoms with Gasteiger partial charge in [0.15, 0.2) is 0 Å². The van der Waals surface area contributed by atoms with Crippen molar-refractivity contribution in [2.24, 2.45) is 0 Å². The molecule has 2 unspecified atom stereocenters. The van der Waals surface area contributed by atoms with Gasteiger partial charge in [0, 0.05) is 24.3 Å². The largest absolute Gasteiger partial charge is 0.351 e. The summed E-state index contributed by atoms with van der Waals surface area (Å²) in [6, 6.07) is 14.5. The first-order valence-corrected chi connectivity index (χ1v) is 12.4. The molecule has 0 fully saturated rings. The maximum Gasteiger partial charge on any atom is 0.243 e. The van der Waals surface area contributed by atoms with Crippen molar-refractivity contribution >= 4 is 27.5 Å². The van der Waals surface area contributed by atoms with E-state index in [1.807, 2.05) is 0 Å². The van der Waals surface area contributed by atoms with Gasteiger partial charge in [-0.1, -0.05) is 41.9 Å². The molecule has 3 rings (SSSR count). The Balaban J connectivity index is 1.88. The van der Waals surface area contributed by atoms with Gasteiger partial charge < -0.3 is 9.88 Å². The molecule has 0 radical (unpaired) electrons. The summed E-state index contributed by atoms with van der Waals surface area (Å²) in [7, 11) is -4.18. The van der Waals surface area contributed by atoms with Gasteiger partial charge >= 0.3 is 0 Å². The molecule has 0 saturated heterocycles. The van der Waals surface area contributed by atoms with E-state index in [2.05, 4.69) is 16.1 Å². The number of rotatable bonds is 9. The zero-order chi connectivity index (χ0) is 24.9. The van der Waals surface area contributed by atoms with Crippen LogP contribution in [0.15, 0.2) is 65.7 Å². The number of amides is 1. The van der Waals surface area contributed by atoms with Crippen molar-refractivity contribution < 1.29 is 17.6 Å². The van der Waals surface area contributed by atoms with Crippen LogP contribution in [0.4, 0.5) is 4.39 Å². The van der Waals surface area contributed by atoms with E-state index in [0.29, 0.717) is 11.3 Å². The first kappa shape index (κ1) is 25.4. The molecule has 2 atom stereocenters. The van der Waals surface area contributed by atoms with Crippen molar-refractivity contribution in [3.05, 3.63) is 88.5 Å². The van der Waals surface area contributed by atoms with Crippen molar-refractivity contribution in [2.45, 2.75) is 43.8 Å². The Morgan fingerprint density at radius 2 is 1.91 bits per heavy atom. The number of hydrogen-bond donors (Lipinski definition) is 2. The molecule has 1 amide bonds. The number of halogens is 2. The minimum Gasteiger partial charge on any atom is -0.351 e. The summed E-state index contributed by atoms with van der Waals surface area (Å²) in [4.78, 5) is 13.0. The van der Waals surface area contributed by atoms with Crippen LogP contribution in [0.3, 0.4) is 0 Å². The predicted molar refractivity (Wildman–Crippen MR) is 127 cm³/mol. The molecular weight excluding hydrogens is 479 g/mol. The Hall–Kier alpha value is -3.19. The number of aromatic nitrogens is 1. The normalized spacial score (nSPS) is 13.1. The topological polar surface area (TPSA) is 104 Å². The molecule has 0 aliphatic carbocycles. The highest BCUT2D eigenvalue weighted by Gasteiger charge is 2.30. The van der Waals surface area contributed by atoms with Crippen LogP contribution in [0.1, 0.15) is 36.2 Å². The molecule has 0 aliphatic heterocycles. The number of carbonyl (C=O) groups is 1. The Morgan fingerprint density at radius 1 is 1.18 bits per heavy atom. The smallest absolute Gasteiger partial charge is 0.243 e. The third-order valence-corrected chi connectivity index (χ3v) is 7.50. The molecule has 2 N–H and O–H groups in total. The van der Waals surface area contributed by atoms with Crippen LogP contribution in [0, 0.1) is 24.1 Å². The summed E-state index contributed by atoms with van der Waals surface area (Å²) in [5, 5.41) is 12.0. The number of benzene rings is 2. The lowest BCUT2D eigenvalue weighted by atomic mass is 10.1. The molecule has 7 nitrogen and oxygen atoms in total. The average molecular weight is 503 g/mol. The Labute approximate surface area is 203 Å². The zero-order valence-corrected chi connectivity index (χ0v) is 20.2.